The summed E-state index contributed by atoms with van der Waals surface area (Å²) in [5.41, 5.74) is 0.327. The van der Waals surface area contributed by atoms with Crippen molar-refractivity contribution in [3.8, 4) is 0 Å². The molecule has 0 N–H and O–H groups in total. The van der Waals surface area contributed by atoms with E-state index in [9.17, 15) is 0 Å². The Bertz CT molecular complexity index is 334. The zero-order valence-electron chi connectivity index (χ0n) is 15.2. The highest BCUT2D eigenvalue weighted by molar-refractivity contribution is 4.86. The average Bonchev–Trinajstić information content (AvgIpc) is 2.37. The number of ether oxygens (including phenoxy) is 1. The van der Waals surface area contributed by atoms with Crippen LogP contribution in [-0.2, 0) is 4.74 Å². The monoisotopic (exact) mass is 295 g/mol. The van der Waals surface area contributed by atoms with E-state index in [-0.39, 0.29) is 5.72 Å². The molecule has 1 aliphatic heterocycles. The standard InChI is InChI=1S/C19H37NO/c1-15(2)16-9-7-10-17(13-16)21-19(5,6)20-12-8-11-18(3,4)14-20/h15-17H,7-14H2,1-6H3/t16?,17-/m1/s1. The van der Waals surface area contributed by atoms with E-state index in [1.807, 2.05) is 0 Å². The van der Waals surface area contributed by atoms with Crippen LogP contribution in [0.5, 0.6) is 0 Å². The maximum atomic E-state index is 6.62. The summed E-state index contributed by atoms with van der Waals surface area (Å²) in [6.07, 6.45) is 8.37. The highest BCUT2D eigenvalue weighted by Gasteiger charge is 2.38. The molecule has 124 valence electrons. The zero-order chi connectivity index (χ0) is 15.7. The van der Waals surface area contributed by atoms with Crippen molar-refractivity contribution in [2.24, 2.45) is 17.3 Å². The molecule has 2 fully saturated rings. The predicted octanol–water partition coefficient (Wildman–Crippen LogP) is 5.08. The van der Waals surface area contributed by atoms with Crippen molar-refractivity contribution in [1.29, 1.82) is 0 Å². The van der Waals surface area contributed by atoms with Crippen LogP contribution in [0.1, 0.15) is 80.1 Å². The summed E-state index contributed by atoms with van der Waals surface area (Å²) in [4.78, 5) is 2.58. The first kappa shape index (κ1) is 17.3. The Morgan fingerprint density at radius 1 is 1.14 bits per heavy atom. The second-order valence-corrected chi connectivity index (χ2v) is 9.05. The Morgan fingerprint density at radius 2 is 1.86 bits per heavy atom. The largest absolute Gasteiger partial charge is 0.358 e. The quantitative estimate of drug-likeness (QED) is 0.717. The lowest BCUT2D eigenvalue weighted by molar-refractivity contribution is -0.190. The van der Waals surface area contributed by atoms with Gasteiger partial charge >= 0.3 is 0 Å². The second kappa shape index (κ2) is 6.58. The highest BCUT2D eigenvalue weighted by atomic mass is 16.5. The lowest BCUT2D eigenvalue weighted by Crippen LogP contribution is -2.54. The molecule has 2 aliphatic rings. The van der Waals surface area contributed by atoms with Gasteiger partial charge in [0.1, 0.15) is 5.72 Å². The van der Waals surface area contributed by atoms with Crippen molar-refractivity contribution in [3.63, 3.8) is 0 Å². The summed E-state index contributed by atoms with van der Waals surface area (Å²) in [5, 5.41) is 0. The molecule has 2 atom stereocenters. The number of hydrogen-bond donors (Lipinski definition) is 0. The summed E-state index contributed by atoms with van der Waals surface area (Å²) in [5.74, 6) is 1.66. The van der Waals surface area contributed by atoms with E-state index in [1.165, 1.54) is 51.6 Å². The summed E-state index contributed by atoms with van der Waals surface area (Å²) >= 11 is 0. The molecule has 1 saturated heterocycles. The van der Waals surface area contributed by atoms with Crippen LogP contribution in [0.3, 0.4) is 0 Å². The van der Waals surface area contributed by atoms with Crippen LogP contribution in [0.15, 0.2) is 0 Å². The van der Waals surface area contributed by atoms with Crippen molar-refractivity contribution in [2.75, 3.05) is 13.1 Å². The number of hydrogen-bond acceptors (Lipinski definition) is 2. The molecule has 0 bridgehead atoms. The van der Waals surface area contributed by atoms with Crippen molar-refractivity contribution in [1.82, 2.24) is 4.90 Å². The van der Waals surface area contributed by atoms with E-state index >= 15 is 0 Å². The normalized spacial score (nSPS) is 31.6. The molecule has 0 aromatic rings. The van der Waals surface area contributed by atoms with Gasteiger partial charge in [0.05, 0.1) is 6.10 Å². The van der Waals surface area contributed by atoms with Gasteiger partial charge in [-0.1, -0.05) is 40.5 Å². The number of piperidine rings is 1. The maximum absolute atomic E-state index is 6.62. The van der Waals surface area contributed by atoms with Gasteiger partial charge in [-0.15, -0.1) is 0 Å². The van der Waals surface area contributed by atoms with Gasteiger partial charge < -0.3 is 4.74 Å². The van der Waals surface area contributed by atoms with Gasteiger partial charge in [0.15, 0.2) is 0 Å². The smallest absolute Gasteiger partial charge is 0.116 e. The van der Waals surface area contributed by atoms with Crippen LogP contribution in [0.2, 0.25) is 0 Å². The van der Waals surface area contributed by atoms with Crippen molar-refractivity contribution < 1.29 is 4.74 Å². The first-order valence-corrected chi connectivity index (χ1v) is 9.12. The van der Waals surface area contributed by atoms with Crippen LogP contribution in [0.4, 0.5) is 0 Å². The summed E-state index contributed by atoms with van der Waals surface area (Å²) in [7, 11) is 0. The number of likely N-dealkylation sites (tertiary alicyclic amines) is 1. The molecule has 2 rings (SSSR count). The fourth-order valence-electron chi connectivity index (χ4n) is 4.26. The number of nitrogens with zero attached hydrogens (tertiary/aromatic N) is 1. The lowest BCUT2D eigenvalue weighted by Gasteiger charge is -2.48. The Morgan fingerprint density at radius 3 is 2.48 bits per heavy atom. The Hall–Kier alpha value is -0.0800. The van der Waals surface area contributed by atoms with Crippen molar-refractivity contribution >= 4 is 0 Å². The maximum Gasteiger partial charge on any atom is 0.116 e. The SMILES string of the molecule is CC(C)C1CCC[C@@H](OC(C)(C)N2CCCC(C)(C)C2)C1. The minimum absolute atomic E-state index is 0.110. The molecule has 2 nitrogen and oxygen atoms in total. The van der Waals surface area contributed by atoms with Gasteiger partial charge in [-0.05, 0) is 56.8 Å². The number of rotatable bonds is 4. The van der Waals surface area contributed by atoms with E-state index < -0.39 is 0 Å². The first-order chi connectivity index (χ1) is 9.70. The molecule has 1 saturated carbocycles. The molecule has 0 radical (unpaired) electrons. The zero-order valence-corrected chi connectivity index (χ0v) is 15.2. The van der Waals surface area contributed by atoms with Gasteiger partial charge in [0.25, 0.3) is 0 Å². The average molecular weight is 296 g/mol. The van der Waals surface area contributed by atoms with Gasteiger partial charge in [0, 0.05) is 13.1 Å². The Balaban J connectivity index is 1.93. The van der Waals surface area contributed by atoms with E-state index in [1.54, 1.807) is 0 Å². The van der Waals surface area contributed by atoms with Crippen LogP contribution in [0, 0.1) is 17.3 Å². The van der Waals surface area contributed by atoms with Crippen LogP contribution in [-0.4, -0.2) is 29.8 Å². The minimum atomic E-state index is -0.110. The lowest BCUT2D eigenvalue weighted by atomic mass is 9.80. The fraction of sp³-hybridized carbons (Fsp3) is 1.00. The molecule has 1 aliphatic carbocycles. The molecule has 0 amide bonds. The van der Waals surface area contributed by atoms with Crippen molar-refractivity contribution in [2.45, 2.75) is 91.9 Å². The summed E-state index contributed by atoms with van der Waals surface area (Å²) in [6.45, 7) is 16.4. The fourth-order valence-corrected chi connectivity index (χ4v) is 4.26. The summed E-state index contributed by atoms with van der Waals surface area (Å²) < 4.78 is 6.62. The third-order valence-electron chi connectivity index (χ3n) is 5.73. The first-order valence-electron chi connectivity index (χ1n) is 9.12. The van der Waals surface area contributed by atoms with Crippen LogP contribution < -0.4 is 0 Å². The molecule has 1 heterocycles. The Labute approximate surface area is 132 Å². The topological polar surface area (TPSA) is 12.5 Å². The van der Waals surface area contributed by atoms with Gasteiger partial charge in [-0.2, -0.15) is 0 Å². The van der Waals surface area contributed by atoms with Crippen LogP contribution in [0.25, 0.3) is 0 Å². The van der Waals surface area contributed by atoms with Gasteiger partial charge in [0.2, 0.25) is 0 Å². The van der Waals surface area contributed by atoms with Gasteiger partial charge in [-0.25, -0.2) is 0 Å². The predicted molar refractivity (Wildman–Crippen MR) is 90.3 cm³/mol. The third kappa shape index (κ3) is 4.69. The Kier molecular flexibility index (Phi) is 5.41. The highest BCUT2D eigenvalue weighted by Crippen LogP contribution is 2.37. The molecule has 2 heteroatoms. The van der Waals surface area contributed by atoms with Crippen molar-refractivity contribution in [3.05, 3.63) is 0 Å². The molecule has 0 spiro atoms. The molecular weight excluding hydrogens is 258 g/mol. The van der Waals surface area contributed by atoms with Gasteiger partial charge in [-0.3, -0.25) is 4.90 Å². The molecule has 21 heavy (non-hydrogen) atoms. The minimum Gasteiger partial charge on any atom is -0.358 e. The third-order valence-corrected chi connectivity index (χ3v) is 5.73. The van der Waals surface area contributed by atoms with E-state index in [4.69, 9.17) is 4.74 Å². The molecule has 0 aromatic heterocycles. The van der Waals surface area contributed by atoms with E-state index in [0.717, 1.165) is 11.8 Å². The van der Waals surface area contributed by atoms with E-state index in [2.05, 4.69) is 46.4 Å². The van der Waals surface area contributed by atoms with E-state index in [0.29, 0.717) is 11.5 Å². The molecule has 1 unspecified atom stereocenters. The molecular formula is C19H37NO. The van der Waals surface area contributed by atoms with Crippen LogP contribution >= 0.6 is 0 Å². The molecule has 0 aromatic carbocycles. The second-order valence-electron chi connectivity index (χ2n) is 9.05. The summed E-state index contributed by atoms with van der Waals surface area (Å²) in [6, 6.07) is 0.